The summed E-state index contributed by atoms with van der Waals surface area (Å²) in [5.41, 5.74) is 7.76. The molecule has 86 valence electrons. The van der Waals surface area contributed by atoms with E-state index >= 15 is 0 Å². The number of hydrogen-bond donors (Lipinski definition) is 1. The number of nitrogens with zero attached hydrogens (tertiary/aromatic N) is 1. The smallest absolute Gasteiger partial charge is 0.0592 e. The zero-order valence-electron chi connectivity index (χ0n) is 9.48. The van der Waals surface area contributed by atoms with Gasteiger partial charge < -0.3 is 10.5 Å². The number of pyridine rings is 1. The van der Waals surface area contributed by atoms with E-state index in [0.717, 1.165) is 19.8 Å². The van der Waals surface area contributed by atoms with Crippen LogP contribution in [-0.2, 0) is 10.2 Å². The Morgan fingerprint density at radius 2 is 2.19 bits per heavy atom. The zero-order valence-corrected chi connectivity index (χ0v) is 9.48. The summed E-state index contributed by atoms with van der Waals surface area (Å²) in [5.74, 6) is 0. The van der Waals surface area contributed by atoms with Crippen LogP contribution in [0.2, 0.25) is 0 Å². The highest BCUT2D eigenvalue weighted by atomic mass is 16.5. The van der Waals surface area contributed by atoms with Crippen LogP contribution in [0.3, 0.4) is 0 Å². The molecule has 3 heteroatoms. The lowest BCUT2D eigenvalue weighted by Crippen LogP contribution is -2.64. The highest BCUT2D eigenvalue weighted by Gasteiger charge is 2.58. The summed E-state index contributed by atoms with van der Waals surface area (Å²) in [6.45, 7) is 2.40. The van der Waals surface area contributed by atoms with Crippen LogP contribution in [0.1, 0.15) is 24.8 Å². The Labute approximate surface area is 96.0 Å². The molecule has 1 aromatic rings. The lowest BCUT2D eigenvalue weighted by atomic mass is 9.50. The molecule has 0 unspecified atom stereocenters. The van der Waals surface area contributed by atoms with Gasteiger partial charge in [-0.15, -0.1) is 0 Å². The van der Waals surface area contributed by atoms with E-state index in [1.165, 1.54) is 24.8 Å². The molecule has 1 aliphatic heterocycles. The van der Waals surface area contributed by atoms with Crippen molar-refractivity contribution in [3.63, 3.8) is 0 Å². The van der Waals surface area contributed by atoms with Crippen molar-refractivity contribution in [2.45, 2.75) is 24.7 Å². The minimum Gasteiger partial charge on any atom is -0.379 e. The largest absolute Gasteiger partial charge is 0.379 e. The molecule has 2 N–H and O–H groups in total. The molecule has 2 heterocycles. The topological polar surface area (TPSA) is 48.1 Å². The average Bonchev–Trinajstić information content (AvgIpc) is 2.22. The molecular weight excluding hydrogens is 200 g/mol. The first-order chi connectivity index (χ1) is 7.83. The summed E-state index contributed by atoms with van der Waals surface area (Å²) in [7, 11) is 0. The van der Waals surface area contributed by atoms with Crippen LogP contribution < -0.4 is 5.73 Å². The number of hydrogen-bond acceptors (Lipinski definition) is 3. The Bertz CT molecular complexity index is 363. The molecule has 0 amide bonds. The van der Waals surface area contributed by atoms with Gasteiger partial charge in [0.15, 0.2) is 0 Å². The second kappa shape index (κ2) is 3.54. The minimum atomic E-state index is 0.147. The van der Waals surface area contributed by atoms with Crippen LogP contribution >= 0.6 is 0 Å². The Kier molecular flexibility index (Phi) is 2.26. The third-order valence-corrected chi connectivity index (χ3v) is 4.63. The molecule has 0 bridgehead atoms. The van der Waals surface area contributed by atoms with Crippen LogP contribution in [0.15, 0.2) is 24.5 Å². The first kappa shape index (κ1) is 10.2. The standard InChI is InChI=1S/C13H18N2O/c14-8-12(4-2-5-12)13(9-16-10-13)11-3-1-6-15-7-11/h1,3,6-7H,2,4-5,8-10,14H2. The first-order valence-electron chi connectivity index (χ1n) is 6.01. The van der Waals surface area contributed by atoms with Crippen LogP contribution in [0.5, 0.6) is 0 Å². The number of aromatic nitrogens is 1. The van der Waals surface area contributed by atoms with Crippen molar-refractivity contribution in [1.29, 1.82) is 0 Å². The van der Waals surface area contributed by atoms with E-state index in [1.807, 2.05) is 18.5 Å². The minimum absolute atomic E-state index is 0.147. The van der Waals surface area contributed by atoms with Gasteiger partial charge in [-0.3, -0.25) is 4.98 Å². The molecule has 1 saturated carbocycles. The predicted octanol–water partition coefficient (Wildman–Crippen LogP) is 1.48. The Balaban J connectivity index is 2.00. The van der Waals surface area contributed by atoms with Crippen LogP contribution in [0.25, 0.3) is 0 Å². The van der Waals surface area contributed by atoms with Crippen molar-refractivity contribution < 1.29 is 4.74 Å². The SMILES string of the molecule is NCC1(C2(c3cccnc3)COC2)CCC1. The zero-order chi connectivity index (χ0) is 11.1. The number of ether oxygens (including phenoxy) is 1. The van der Waals surface area contributed by atoms with Gasteiger partial charge in [-0.2, -0.15) is 0 Å². The van der Waals surface area contributed by atoms with E-state index in [0.29, 0.717) is 0 Å². The second-order valence-electron chi connectivity index (χ2n) is 5.15. The van der Waals surface area contributed by atoms with Gasteiger partial charge in [0.1, 0.15) is 0 Å². The molecule has 0 atom stereocenters. The van der Waals surface area contributed by atoms with Crippen molar-refractivity contribution in [3.8, 4) is 0 Å². The fourth-order valence-electron chi connectivity index (χ4n) is 3.21. The fourth-order valence-corrected chi connectivity index (χ4v) is 3.21. The summed E-state index contributed by atoms with van der Waals surface area (Å²) in [4.78, 5) is 4.24. The second-order valence-corrected chi connectivity index (χ2v) is 5.15. The molecule has 2 aliphatic rings. The van der Waals surface area contributed by atoms with Crippen molar-refractivity contribution in [3.05, 3.63) is 30.1 Å². The van der Waals surface area contributed by atoms with Crippen LogP contribution in [0.4, 0.5) is 0 Å². The molecule has 2 fully saturated rings. The highest BCUT2D eigenvalue weighted by molar-refractivity contribution is 5.31. The van der Waals surface area contributed by atoms with Gasteiger partial charge in [0.05, 0.1) is 18.6 Å². The maximum atomic E-state index is 6.03. The van der Waals surface area contributed by atoms with E-state index in [2.05, 4.69) is 11.1 Å². The van der Waals surface area contributed by atoms with Gasteiger partial charge in [0.25, 0.3) is 0 Å². The monoisotopic (exact) mass is 218 g/mol. The average molecular weight is 218 g/mol. The summed E-state index contributed by atoms with van der Waals surface area (Å²) >= 11 is 0. The van der Waals surface area contributed by atoms with Crippen LogP contribution in [-0.4, -0.2) is 24.7 Å². The molecule has 0 aromatic carbocycles. The Hall–Kier alpha value is -0.930. The number of rotatable bonds is 3. The van der Waals surface area contributed by atoms with Crippen molar-refractivity contribution in [1.82, 2.24) is 4.98 Å². The molecule has 1 aliphatic carbocycles. The summed E-state index contributed by atoms with van der Waals surface area (Å²) in [6.07, 6.45) is 7.59. The van der Waals surface area contributed by atoms with E-state index in [4.69, 9.17) is 10.5 Å². The van der Waals surface area contributed by atoms with Gasteiger partial charge in [-0.25, -0.2) is 0 Å². The van der Waals surface area contributed by atoms with Gasteiger partial charge in [0.2, 0.25) is 0 Å². The van der Waals surface area contributed by atoms with E-state index in [9.17, 15) is 0 Å². The molecular formula is C13H18N2O. The molecule has 0 spiro atoms. The summed E-state index contributed by atoms with van der Waals surface area (Å²) in [6, 6.07) is 4.18. The highest BCUT2D eigenvalue weighted by Crippen LogP contribution is 2.57. The van der Waals surface area contributed by atoms with Gasteiger partial charge in [0, 0.05) is 12.4 Å². The molecule has 1 saturated heterocycles. The quantitative estimate of drug-likeness (QED) is 0.836. The molecule has 1 aromatic heterocycles. The third kappa shape index (κ3) is 1.13. The van der Waals surface area contributed by atoms with Crippen molar-refractivity contribution >= 4 is 0 Å². The van der Waals surface area contributed by atoms with Gasteiger partial charge >= 0.3 is 0 Å². The van der Waals surface area contributed by atoms with E-state index < -0.39 is 0 Å². The summed E-state index contributed by atoms with van der Waals surface area (Å²) < 4.78 is 5.49. The first-order valence-corrected chi connectivity index (χ1v) is 6.01. The molecule has 3 nitrogen and oxygen atoms in total. The lowest BCUT2D eigenvalue weighted by molar-refractivity contribution is -0.154. The maximum Gasteiger partial charge on any atom is 0.0592 e. The van der Waals surface area contributed by atoms with Gasteiger partial charge in [-0.05, 0) is 36.4 Å². The predicted molar refractivity (Wildman–Crippen MR) is 62.1 cm³/mol. The Morgan fingerprint density at radius 1 is 1.38 bits per heavy atom. The normalized spacial score (nSPS) is 25.6. The third-order valence-electron chi connectivity index (χ3n) is 4.63. The summed E-state index contributed by atoms with van der Waals surface area (Å²) in [5, 5.41) is 0. The Morgan fingerprint density at radius 3 is 2.56 bits per heavy atom. The van der Waals surface area contributed by atoms with Crippen molar-refractivity contribution in [2.24, 2.45) is 11.1 Å². The maximum absolute atomic E-state index is 6.03. The molecule has 0 radical (unpaired) electrons. The van der Waals surface area contributed by atoms with E-state index in [1.54, 1.807) is 0 Å². The van der Waals surface area contributed by atoms with Crippen molar-refractivity contribution in [2.75, 3.05) is 19.8 Å². The molecule has 3 rings (SSSR count). The van der Waals surface area contributed by atoms with E-state index in [-0.39, 0.29) is 10.8 Å². The van der Waals surface area contributed by atoms with Gasteiger partial charge in [-0.1, -0.05) is 12.5 Å². The van der Waals surface area contributed by atoms with Crippen LogP contribution in [0, 0.1) is 5.41 Å². The molecule has 16 heavy (non-hydrogen) atoms. The lowest BCUT2D eigenvalue weighted by Gasteiger charge is -2.60. The fraction of sp³-hybridized carbons (Fsp3) is 0.615. The number of nitrogens with two attached hydrogens (primary N) is 1.